The predicted molar refractivity (Wildman–Crippen MR) is 113 cm³/mol. The first kappa shape index (κ1) is 19.2. The first-order valence-corrected chi connectivity index (χ1v) is 9.82. The van der Waals surface area contributed by atoms with Crippen LogP contribution in [0.3, 0.4) is 0 Å². The monoisotopic (exact) mass is 362 g/mol. The quantitative estimate of drug-likeness (QED) is 0.756. The second kappa shape index (κ2) is 8.43. The molecule has 1 aliphatic carbocycles. The number of nitrogens with zero attached hydrogens (tertiary/aromatic N) is 1. The predicted octanol–water partition coefficient (Wildman–Crippen LogP) is 5.59. The van der Waals surface area contributed by atoms with Crippen LogP contribution >= 0.6 is 0 Å². The normalized spacial score (nSPS) is 16.8. The average Bonchev–Trinajstić information content (AvgIpc) is 2.64. The van der Waals surface area contributed by atoms with Crippen molar-refractivity contribution in [2.24, 2.45) is 0 Å². The van der Waals surface area contributed by atoms with Crippen LogP contribution in [0.4, 0.5) is 4.79 Å². The van der Waals surface area contributed by atoms with Crippen molar-refractivity contribution in [3.8, 4) is 0 Å². The Bertz CT molecular complexity index is 790. The van der Waals surface area contributed by atoms with Gasteiger partial charge in [0.05, 0.1) is 6.04 Å². The van der Waals surface area contributed by atoms with E-state index in [1.54, 1.807) is 0 Å². The number of nitrogens with one attached hydrogen (secondary N) is 1. The van der Waals surface area contributed by atoms with E-state index < -0.39 is 0 Å². The maximum Gasteiger partial charge on any atom is 0.318 e. The van der Waals surface area contributed by atoms with Crippen molar-refractivity contribution in [3.63, 3.8) is 0 Å². The van der Waals surface area contributed by atoms with Crippen LogP contribution in [-0.4, -0.2) is 23.0 Å². The zero-order valence-corrected chi connectivity index (χ0v) is 16.6. The molecule has 0 aromatic heterocycles. The summed E-state index contributed by atoms with van der Waals surface area (Å²) in [5, 5.41) is 3.15. The third-order valence-corrected chi connectivity index (χ3v) is 4.87. The highest BCUT2D eigenvalue weighted by Crippen LogP contribution is 2.34. The summed E-state index contributed by atoms with van der Waals surface area (Å²) in [6.07, 6.45) is 7.40. The highest BCUT2D eigenvalue weighted by atomic mass is 16.2. The highest BCUT2D eigenvalue weighted by Gasteiger charge is 2.30. The van der Waals surface area contributed by atoms with Crippen LogP contribution in [0.5, 0.6) is 0 Å². The maximum absolute atomic E-state index is 13.1. The van der Waals surface area contributed by atoms with E-state index in [-0.39, 0.29) is 17.6 Å². The van der Waals surface area contributed by atoms with Gasteiger partial charge in [-0.2, -0.15) is 0 Å². The van der Waals surface area contributed by atoms with Crippen LogP contribution in [0.25, 0.3) is 6.08 Å². The largest absolute Gasteiger partial charge is 0.333 e. The minimum absolute atomic E-state index is 0.00177. The molecule has 0 heterocycles. The van der Waals surface area contributed by atoms with Gasteiger partial charge in [0.1, 0.15) is 0 Å². The van der Waals surface area contributed by atoms with E-state index in [1.807, 2.05) is 43.9 Å². The van der Waals surface area contributed by atoms with E-state index in [0.29, 0.717) is 6.54 Å². The molecule has 142 valence electrons. The SMILES string of the molecule is CC(C)(C)NC(=O)N(C/C=C/c1ccccc1)C1CCCc2ccccc21. The van der Waals surface area contributed by atoms with Crippen LogP contribution in [-0.2, 0) is 6.42 Å². The molecule has 3 nitrogen and oxygen atoms in total. The van der Waals surface area contributed by atoms with E-state index in [1.165, 1.54) is 11.1 Å². The maximum atomic E-state index is 13.1. The first-order chi connectivity index (χ1) is 12.9. The van der Waals surface area contributed by atoms with E-state index in [0.717, 1.165) is 24.8 Å². The molecule has 0 bridgehead atoms. The van der Waals surface area contributed by atoms with Gasteiger partial charge >= 0.3 is 6.03 Å². The number of amides is 2. The molecule has 1 unspecified atom stereocenters. The van der Waals surface area contributed by atoms with Gasteiger partial charge in [0.25, 0.3) is 0 Å². The van der Waals surface area contributed by atoms with Crippen molar-refractivity contribution >= 4 is 12.1 Å². The smallest absolute Gasteiger partial charge is 0.318 e. The molecular weight excluding hydrogens is 332 g/mol. The Morgan fingerprint density at radius 2 is 1.81 bits per heavy atom. The Morgan fingerprint density at radius 1 is 1.11 bits per heavy atom. The highest BCUT2D eigenvalue weighted by molar-refractivity contribution is 5.76. The standard InChI is InChI=1S/C24H30N2O/c1-24(2,3)25-23(27)26(18-10-13-19-11-5-4-6-12-19)22-17-9-15-20-14-7-8-16-21(20)22/h4-8,10-14,16,22H,9,15,17-18H2,1-3H3,(H,25,27)/b13-10+. The fraction of sp³-hybridized carbons (Fsp3) is 0.375. The lowest BCUT2D eigenvalue weighted by molar-refractivity contribution is 0.167. The van der Waals surface area contributed by atoms with Gasteiger partial charge in [-0.3, -0.25) is 0 Å². The van der Waals surface area contributed by atoms with E-state index >= 15 is 0 Å². The molecule has 1 atom stereocenters. The number of urea groups is 1. The van der Waals surface area contributed by atoms with Gasteiger partial charge in [0.2, 0.25) is 0 Å². The summed E-state index contributed by atoms with van der Waals surface area (Å²) in [7, 11) is 0. The van der Waals surface area contributed by atoms with Crippen molar-refractivity contribution in [3.05, 3.63) is 77.4 Å². The molecule has 0 fully saturated rings. The van der Waals surface area contributed by atoms with Crippen molar-refractivity contribution in [2.45, 2.75) is 51.6 Å². The van der Waals surface area contributed by atoms with Crippen molar-refractivity contribution in [1.29, 1.82) is 0 Å². The second-order valence-electron chi connectivity index (χ2n) is 8.25. The number of fused-ring (bicyclic) bond motifs is 1. The van der Waals surface area contributed by atoms with Crippen LogP contribution in [0.2, 0.25) is 0 Å². The molecular formula is C24H30N2O. The van der Waals surface area contributed by atoms with Crippen LogP contribution in [0, 0.1) is 0 Å². The third kappa shape index (κ3) is 5.22. The molecule has 0 saturated carbocycles. The van der Waals surface area contributed by atoms with Gasteiger partial charge in [0, 0.05) is 12.1 Å². The molecule has 0 spiro atoms. The topological polar surface area (TPSA) is 32.3 Å². The zero-order valence-electron chi connectivity index (χ0n) is 16.6. The first-order valence-electron chi connectivity index (χ1n) is 9.82. The minimum Gasteiger partial charge on any atom is -0.333 e. The van der Waals surface area contributed by atoms with Gasteiger partial charge in [-0.15, -0.1) is 0 Å². The number of aryl methyl sites for hydroxylation is 1. The number of hydrogen-bond acceptors (Lipinski definition) is 1. The number of hydrogen-bond donors (Lipinski definition) is 1. The van der Waals surface area contributed by atoms with Gasteiger partial charge in [-0.25, -0.2) is 4.79 Å². The van der Waals surface area contributed by atoms with Crippen LogP contribution in [0.15, 0.2) is 60.7 Å². The molecule has 2 aromatic carbocycles. The number of carbonyl (C=O) groups excluding carboxylic acids is 1. The van der Waals surface area contributed by atoms with Gasteiger partial charge in [0.15, 0.2) is 0 Å². The van der Waals surface area contributed by atoms with Crippen LogP contribution < -0.4 is 5.32 Å². The van der Waals surface area contributed by atoms with E-state index in [9.17, 15) is 4.79 Å². The van der Waals surface area contributed by atoms with E-state index in [4.69, 9.17) is 0 Å². The fourth-order valence-electron chi connectivity index (χ4n) is 3.66. The Hall–Kier alpha value is -2.55. The third-order valence-electron chi connectivity index (χ3n) is 4.87. The molecule has 0 saturated heterocycles. The molecule has 3 heteroatoms. The van der Waals surface area contributed by atoms with Gasteiger partial charge in [-0.1, -0.05) is 66.7 Å². The summed E-state index contributed by atoms with van der Waals surface area (Å²) in [6, 6.07) is 18.9. The molecule has 0 aliphatic heterocycles. The fourth-order valence-corrected chi connectivity index (χ4v) is 3.66. The summed E-state index contributed by atoms with van der Waals surface area (Å²) in [4.78, 5) is 15.1. The molecule has 2 amide bonds. The number of carbonyl (C=O) groups is 1. The molecule has 2 aromatic rings. The van der Waals surface area contributed by atoms with Gasteiger partial charge in [-0.05, 0) is 56.7 Å². The zero-order chi connectivity index (χ0) is 19.3. The molecule has 1 N–H and O–H groups in total. The summed E-state index contributed by atoms with van der Waals surface area (Å²) >= 11 is 0. The second-order valence-corrected chi connectivity index (χ2v) is 8.25. The average molecular weight is 363 g/mol. The molecule has 1 aliphatic rings. The molecule has 3 rings (SSSR count). The number of rotatable bonds is 4. The van der Waals surface area contributed by atoms with Crippen LogP contribution in [0.1, 0.15) is 56.3 Å². The lowest BCUT2D eigenvalue weighted by Gasteiger charge is -2.37. The Balaban J connectivity index is 1.84. The van der Waals surface area contributed by atoms with Gasteiger partial charge < -0.3 is 10.2 Å². The summed E-state index contributed by atoms with van der Waals surface area (Å²) in [6.45, 7) is 6.67. The lowest BCUT2D eigenvalue weighted by atomic mass is 9.87. The van der Waals surface area contributed by atoms with E-state index in [2.05, 4.69) is 53.9 Å². The number of benzene rings is 2. The lowest BCUT2D eigenvalue weighted by Crippen LogP contribution is -2.50. The Labute approximate surface area is 163 Å². The van der Waals surface area contributed by atoms with Crippen molar-refractivity contribution < 1.29 is 4.79 Å². The Kier molecular flexibility index (Phi) is 6.00. The molecule has 0 radical (unpaired) electrons. The summed E-state index contributed by atoms with van der Waals surface area (Å²) < 4.78 is 0. The molecule has 27 heavy (non-hydrogen) atoms. The summed E-state index contributed by atoms with van der Waals surface area (Å²) in [5.41, 5.74) is 3.56. The van der Waals surface area contributed by atoms with Crippen molar-refractivity contribution in [2.75, 3.05) is 6.54 Å². The Morgan fingerprint density at radius 3 is 2.56 bits per heavy atom. The summed E-state index contributed by atoms with van der Waals surface area (Å²) in [5.74, 6) is 0. The van der Waals surface area contributed by atoms with Crippen molar-refractivity contribution in [1.82, 2.24) is 10.2 Å². The minimum atomic E-state index is -0.257.